The Morgan fingerprint density at radius 2 is 1.09 bits per heavy atom. The van der Waals surface area contributed by atoms with Crippen LogP contribution in [-0.4, -0.2) is 11.9 Å². The summed E-state index contributed by atoms with van der Waals surface area (Å²) >= 11 is 0. The second-order valence-electron chi connectivity index (χ2n) is 1.05. The van der Waals surface area contributed by atoms with Crippen LogP contribution in [0.3, 0.4) is 0 Å². The molecular weight excluding hydrogens is 195 g/mol. The molecule has 0 spiro atoms. The third-order valence-corrected chi connectivity index (χ3v) is 0.333. The van der Waals surface area contributed by atoms with E-state index in [-0.39, 0.29) is 16.8 Å². The molecule has 0 aromatic heterocycles. The Bertz CT molecular complexity index is 135. The van der Waals surface area contributed by atoms with Crippen LogP contribution >= 0.6 is 0 Å². The van der Waals surface area contributed by atoms with Crippen LogP contribution in [-0.2, 0) is 26.4 Å². The Balaban J connectivity index is -0.000000107. The fourth-order valence-corrected chi connectivity index (χ4v) is 0. The molecule has 0 amide bonds. The number of carbonyl (C=O) groups excluding carboxylic acids is 2. The molecule has 4 nitrogen and oxygen atoms in total. The zero-order valence-corrected chi connectivity index (χ0v) is 6.58. The van der Waals surface area contributed by atoms with E-state index >= 15 is 0 Å². The van der Waals surface area contributed by atoms with Crippen LogP contribution in [0.5, 0.6) is 0 Å². The largest absolute Gasteiger partial charge is 2.00 e. The SMILES string of the molecule is C=CC(=O)[O-].C=CC(=O)[O-].[Co+2]. The minimum Gasteiger partial charge on any atom is -0.545 e. The smallest absolute Gasteiger partial charge is 0.545 e. The maximum Gasteiger partial charge on any atom is 2.00 e. The van der Waals surface area contributed by atoms with Gasteiger partial charge in [0.2, 0.25) is 0 Å². The van der Waals surface area contributed by atoms with E-state index in [0.29, 0.717) is 0 Å². The van der Waals surface area contributed by atoms with E-state index in [9.17, 15) is 0 Å². The molecule has 1 radical (unpaired) electrons. The van der Waals surface area contributed by atoms with E-state index in [1.54, 1.807) is 0 Å². The molecule has 63 valence electrons. The molecule has 0 bridgehead atoms. The van der Waals surface area contributed by atoms with Gasteiger partial charge in [0, 0.05) is 0 Å². The Kier molecular flexibility index (Phi) is 17.5. The monoisotopic (exact) mass is 201 g/mol. The minimum absolute atomic E-state index is 0. The number of carbonyl (C=O) groups is 2. The summed E-state index contributed by atoms with van der Waals surface area (Å²) in [4.78, 5) is 18.3. The third kappa shape index (κ3) is 50.0. The van der Waals surface area contributed by atoms with Crippen molar-refractivity contribution in [3.8, 4) is 0 Å². The maximum absolute atomic E-state index is 9.14. The molecule has 0 aliphatic heterocycles. The summed E-state index contributed by atoms with van der Waals surface area (Å²) in [5.41, 5.74) is 0. The summed E-state index contributed by atoms with van der Waals surface area (Å²) in [5.74, 6) is -2.46. The molecule has 0 aliphatic carbocycles. The van der Waals surface area contributed by atoms with Gasteiger partial charge in [0.05, 0.1) is 11.9 Å². The van der Waals surface area contributed by atoms with E-state index < -0.39 is 11.9 Å². The Hall–Kier alpha value is -1.07. The summed E-state index contributed by atoms with van der Waals surface area (Å²) in [6, 6.07) is 0. The van der Waals surface area contributed by atoms with Gasteiger partial charge in [-0.2, -0.15) is 0 Å². The fraction of sp³-hybridized carbons (Fsp3) is 0. The van der Waals surface area contributed by atoms with Crippen molar-refractivity contribution in [1.82, 2.24) is 0 Å². The van der Waals surface area contributed by atoms with Gasteiger partial charge < -0.3 is 19.8 Å². The van der Waals surface area contributed by atoms with Crippen molar-refractivity contribution < 1.29 is 36.6 Å². The third-order valence-electron chi connectivity index (χ3n) is 0.333. The van der Waals surface area contributed by atoms with Crippen molar-refractivity contribution in [3.63, 3.8) is 0 Å². The van der Waals surface area contributed by atoms with Crippen molar-refractivity contribution in [2.45, 2.75) is 0 Å². The number of rotatable bonds is 2. The Labute approximate surface area is 74.4 Å². The second kappa shape index (κ2) is 11.7. The molecule has 0 heterocycles. The van der Waals surface area contributed by atoms with Gasteiger partial charge >= 0.3 is 16.8 Å². The normalized spacial score (nSPS) is 5.82. The van der Waals surface area contributed by atoms with Crippen LogP contribution < -0.4 is 10.2 Å². The predicted octanol–water partition coefficient (Wildman–Crippen LogP) is -2.16. The van der Waals surface area contributed by atoms with E-state index in [1.807, 2.05) is 0 Å². The van der Waals surface area contributed by atoms with E-state index in [1.165, 1.54) is 0 Å². The van der Waals surface area contributed by atoms with Gasteiger partial charge in [-0.1, -0.05) is 13.2 Å². The first kappa shape index (κ1) is 16.5. The molecule has 0 aromatic carbocycles. The van der Waals surface area contributed by atoms with Gasteiger partial charge in [-0.25, -0.2) is 0 Å². The first-order valence-corrected chi connectivity index (χ1v) is 2.21. The van der Waals surface area contributed by atoms with Gasteiger partial charge in [-0.3, -0.25) is 0 Å². The van der Waals surface area contributed by atoms with Crippen LogP contribution in [0.1, 0.15) is 0 Å². The van der Waals surface area contributed by atoms with Crippen LogP contribution in [0.25, 0.3) is 0 Å². The number of carboxylic acids is 2. The summed E-state index contributed by atoms with van der Waals surface area (Å²) in [6.07, 6.45) is 1.44. The van der Waals surface area contributed by atoms with Crippen molar-refractivity contribution in [1.29, 1.82) is 0 Å². The molecule has 5 heteroatoms. The van der Waals surface area contributed by atoms with Crippen LogP contribution in [0.2, 0.25) is 0 Å². The molecule has 0 atom stereocenters. The predicted molar refractivity (Wildman–Crippen MR) is 30.4 cm³/mol. The van der Waals surface area contributed by atoms with E-state index in [4.69, 9.17) is 19.8 Å². The van der Waals surface area contributed by atoms with Crippen LogP contribution in [0.4, 0.5) is 0 Å². The number of carboxylic acid groups (broad SMARTS) is 2. The molecule has 0 rings (SSSR count). The van der Waals surface area contributed by atoms with Crippen molar-refractivity contribution in [3.05, 3.63) is 25.3 Å². The Morgan fingerprint density at radius 3 is 1.09 bits per heavy atom. The molecule has 0 fully saturated rings. The van der Waals surface area contributed by atoms with Crippen molar-refractivity contribution in [2.24, 2.45) is 0 Å². The molecule has 0 unspecified atom stereocenters. The maximum atomic E-state index is 9.14. The zero-order valence-electron chi connectivity index (χ0n) is 5.54. The Morgan fingerprint density at radius 1 is 1.00 bits per heavy atom. The summed E-state index contributed by atoms with van der Waals surface area (Å²) in [7, 11) is 0. The molecule has 11 heavy (non-hydrogen) atoms. The van der Waals surface area contributed by atoms with Gasteiger partial charge in [-0.15, -0.1) is 0 Å². The first-order valence-electron chi connectivity index (χ1n) is 2.21. The van der Waals surface area contributed by atoms with Crippen LogP contribution in [0, 0.1) is 0 Å². The second-order valence-corrected chi connectivity index (χ2v) is 1.05. The number of hydrogen-bond acceptors (Lipinski definition) is 4. The van der Waals surface area contributed by atoms with Crippen molar-refractivity contribution in [2.75, 3.05) is 0 Å². The average molecular weight is 201 g/mol. The van der Waals surface area contributed by atoms with E-state index in [0.717, 1.165) is 12.2 Å². The topological polar surface area (TPSA) is 80.3 Å². The summed E-state index contributed by atoms with van der Waals surface area (Å²) in [5, 5.41) is 18.3. The standard InChI is InChI=1S/2C3H4O2.Co/c2*1-2-3(4)5;/h2*2H,1H2,(H,4,5);/q;;+2/p-2. The summed E-state index contributed by atoms with van der Waals surface area (Å²) in [6.45, 7) is 5.80. The van der Waals surface area contributed by atoms with Gasteiger partial charge in [0.15, 0.2) is 0 Å². The summed E-state index contributed by atoms with van der Waals surface area (Å²) < 4.78 is 0. The van der Waals surface area contributed by atoms with Crippen molar-refractivity contribution >= 4 is 11.9 Å². The fourth-order valence-electron chi connectivity index (χ4n) is 0. The van der Waals surface area contributed by atoms with E-state index in [2.05, 4.69) is 13.2 Å². The molecule has 0 N–H and O–H groups in total. The zero-order chi connectivity index (χ0) is 8.57. The van der Waals surface area contributed by atoms with Gasteiger partial charge in [-0.05, 0) is 12.2 Å². The number of aliphatic carboxylic acids is 2. The molecule has 0 saturated carbocycles. The minimum atomic E-state index is -1.23. The van der Waals surface area contributed by atoms with Gasteiger partial charge in [0.1, 0.15) is 0 Å². The first-order chi connectivity index (χ1) is 4.54. The molecule has 0 aromatic rings. The number of hydrogen-bond donors (Lipinski definition) is 0. The molecular formula is C6H6CoO4. The molecule has 0 aliphatic rings. The quantitative estimate of drug-likeness (QED) is 0.476. The average Bonchev–Trinajstić information content (AvgIpc) is 1.89. The van der Waals surface area contributed by atoms with Gasteiger partial charge in [0.25, 0.3) is 0 Å². The van der Waals surface area contributed by atoms with Crippen LogP contribution in [0.15, 0.2) is 25.3 Å². The molecule has 0 saturated heterocycles.